The average Bonchev–Trinajstić information content (AvgIpc) is 2.55. The molecule has 2 aromatic carbocycles. The van der Waals surface area contributed by atoms with Crippen LogP contribution in [0.15, 0.2) is 54.6 Å². The van der Waals surface area contributed by atoms with Crippen molar-refractivity contribution in [3.8, 4) is 22.5 Å². The van der Waals surface area contributed by atoms with E-state index in [2.05, 4.69) is 48.1 Å². The normalized spacial score (nSPS) is 11.0. The third-order valence-electron chi connectivity index (χ3n) is 3.76. The van der Waals surface area contributed by atoms with Crippen LogP contribution >= 0.6 is 11.6 Å². The first kappa shape index (κ1) is 15.5. The van der Waals surface area contributed by atoms with Crippen molar-refractivity contribution in [2.75, 3.05) is 5.73 Å². The fourth-order valence-corrected chi connectivity index (χ4v) is 2.55. The maximum absolute atomic E-state index is 5.94. The maximum Gasteiger partial charge on any atom is 0.221 e. The topological polar surface area (TPSA) is 51.8 Å². The second-order valence-electron chi connectivity index (χ2n) is 5.78. The van der Waals surface area contributed by atoms with Crippen molar-refractivity contribution in [2.24, 2.45) is 0 Å². The van der Waals surface area contributed by atoms with E-state index in [1.54, 1.807) is 0 Å². The summed E-state index contributed by atoms with van der Waals surface area (Å²) in [6.07, 6.45) is 0. The van der Waals surface area contributed by atoms with Gasteiger partial charge in [-0.3, -0.25) is 0 Å². The van der Waals surface area contributed by atoms with Crippen LogP contribution in [0, 0.1) is 0 Å². The van der Waals surface area contributed by atoms with Gasteiger partial charge < -0.3 is 5.73 Å². The minimum absolute atomic E-state index is 0.264. The Morgan fingerprint density at radius 2 is 1.30 bits per heavy atom. The Labute approximate surface area is 141 Å². The molecule has 1 aromatic heterocycles. The van der Waals surface area contributed by atoms with E-state index in [1.807, 2.05) is 30.3 Å². The van der Waals surface area contributed by atoms with Gasteiger partial charge in [-0.15, -0.1) is 0 Å². The van der Waals surface area contributed by atoms with Crippen LogP contribution in [0.25, 0.3) is 22.5 Å². The molecule has 0 spiro atoms. The maximum atomic E-state index is 5.94. The van der Waals surface area contributed by atoms with Crippen LogP contribution in [0.2, 0.25) is 5.02 Å². The fraction of sp³-hybridized carbons (Fsp3) is 0.158. The number of rotatable bonds is 3. The smallest absolute Gasteiger partial charge is 0.221 e. The quantitative estimate of drug-likeness (QED) is 0.723. The lowest BCUT2D eigenvalue weighted by molar-refractivity contribution is 0.867. The number of hydrogen-bond acceptors (Lipinski definition) is 3. The first-order valence-corrected chi connectivity index (χ1v) is 7.91. The standard InChI is InChI=1S/C19H18ClN3/c1-12(2)13-3-5-14(6-4-13)17-11-18(23-19(21)22-17)15-7-9-16(20)10-8-15/h3-12H,1-2H3,(H2,21,22,23). The number of benzene rings is 2. The van der Waals surface area contributed by atoms with E-state index in [1.165, 1.54) is 5.56 Å². The van der Waals surface area contributed by atoms with Crippen molar-refractivity contribution in [2.45, 2.75) is 19.8 Å². The van der Waals surface area contributed by atoms with Gasteiger partial charge in [0.25, 0.3) is 0 Å². The summed E-state index contributed by atoms with van der Waals surface area (Å²) in [6, 6.07) is 17.9. The van der Waals surface area contributed by atoms with Crippen molar-refractivity contribution < 1.29 is 0 Å². The number of hydrogen-bond donors (Lipinski definition) is 1. The lowest BCUT2D eigenvalue weighted by Crippen LogP contribution is -1.98. The number of halogens is 1. The molecule has 0 aliphatic rings. The van der Waals surface area contributed by atoms with Gasteiger partial charge in [-0.05, 0) is 29.7 Å². The zero-order valence-electron chi connectivity index (χ0n) is 13.1. The van der Waals surface area contributed by atoms with Gasteiger partial charge in [0.15, 0.2) is 0 Å². The lowest BCUT2D eigenvalue weighted by atomic mass is 10.0. The Morgan fingerprint density at radius 3 is 1.78 bits per heavy atom. The highest BCUT2D eigenvalue weighted by Gasteiger charge is 2.08. The Balaban J connectivity index is 2.01. The van der Waals surface area contributed by atoms with E-state index >= 15 is 0 Å². The van der Waals surface area contributed by atoms with Crippen LogP contribution in [0.1, 0.15) is 25.3 Å². The molecule has 4 heteroatoms. The van der Waals surface area contributed by atoms with Gasteiger partial charge in [0.1, 0.15) is 0 Å². The van der Waals surface area contributed by atoms with E-state index in [9.17, 15) is 0 Å². The molecule has 1 heterocycles. The molecule has 0 aliphatic heterocycles. The van der Waals surface area contributed by atoms with Gasteiger partial charge in [0.05, 0.1) is 11.4 Å². The minimum atomic E-state index is 0.264. The van der Waals surface area contributed by atoms with Gasteiger partial charge in [0, 0.05) is 16.1 Å². The SMILES string of the molecule is CC(C)c1ccc(-c2cc(-c3ccc(Cl)cc3)nc(N)n2)cc1. The monoisotopic (exact) mass is 323 g/mol. The third-order valence-corrected chi connectivity index (χ3v) is 4.01. The van der Waals surface area contributed by atoms with Crippen LogP contribution in [0.5, 0.6) is 0 Å². The van der Waals surface area contributed by atoms with Crippen LogP contribution in [-0.4, -0.2) is 9.97 Å². The van der Waals surface area contributed by atoms with E-state index in [4.69, 9.17) is 17.3 Å². The summed E-state index contributed by atoms with van der Waals surface area (Å²) in [5, 5.41) is 0.695. The van der Waals surface area contributed by atoms with Crippen molar-refractivity contribution in [3.05, 3.63) is 65.2 Å². The summed E-state index contributed by atoms with van der Waals surface area (Å²) >= 11 is 5.94. The number of nitrogen functional groups attached to an aromatic ring is 1. The summed E-state index contributed by atoms with van der Waals surface area (Å²) in [5.74, 6) is 0.768. The molecular weight excluding hydrogens is 306 g/mol. The highest BCUT2D eigenvalue weighted by Crippen LogP contribution is 2.26. The van der Waals surface area contributed by atoms with E-state index < -0.39 is 0 Å². The van der Waals surface area contributed by atoms with E-state index in [0.717, 1.165) is 22.5 Å². The van der Waals surface area contributed by atoms with E-state index in [-0.39, 0.29) is 5.95 Å². The van der Waals surface area contributed by atoms with Gasteiger partial charge in [-0.2, -0.15) is 0 Å². The molecule has 116 valence electrons. The number of anilines is 1. The van der Waals surface area contributed by atoms with Crippen molar-refractivity contribution >= 4 is 17.5 Å². The fourth-order valence-electron chi connectivity index (χ4n) is 2.42. The highest BCUT2D eigenvalue weighted by atomic mass is 35.5. The summed E-state index contributed by atoms with van der Waals surface area (Å²) in [4.78, 5) is 8.69. The van der Waals surface area contributed by atoms with Crippen molar-refractivity contribution in [3.63, 3.8) is 0 Å². The molecule has 2 N–H and O–H groups in total. The molecule has 0 bridgehead atoms. The summed E-state index contributed by atoms with van der Waals surface area (Å²) in [5.41, 5.74) is 10.8. The molecule has 0 atom stereocenters. The summed E-state index contributed by atoms with van der Waals surface area (Å²) in [6.45, 7) is 4.35. The molecule has 0 amide bonds. The van der Waals surface area contributed by atoms with Gasteiger partial charge in [-0.25, -0.2) is 9.97 Å². The first-order chi connectivity index (χ1) is 11.0. The second kappa shape index (κ2) is 6.39. The largest absolute Gasteiger partial charge is 0.368 e. The van der Waals surface area contributed by atoms with Crippen LogP contribution < -0.4 is 5.73 Å². The first-order valence-electron chi connectivity index (χ1n) is 7.54. The highest BCUT2D eigenvalue weighted by molar-refractivity contribution is 6.30. The average molecular weight is 324 g/mol. The van der Waals surface area contributed by atoms with Crippen molar-refractivity contribution in [1.82, 2.24) is 9.97 Å². The van der Waals surface area contributed by atoms with Crippen LogP contribution in [0.3, 0.4) is 0 Å². The Kier molecular flexibility index (Phi) is 4.30. The minimum Gasteiger partial charge on any atom is -0.368 e. The molecule has 0 fully saturated rings. The Morgan fingerprint density at radius 1 is 0.826 bits per heavy atom. The predicted octanol–water partition coefficient (Wildman–Crippen LogP) is 5.17. The second-order valence-corrected chi connectivity index (χ2v) is 6.22. The third kappa shape index (κ3) is 3.51. The molecule has 3 rings (SSSR count). The number of nitrogens with zero attached hydrogens (tertiary/aromatic N) is 2. The number of aromatic nitrogens is 2. The molecule has 0 radical (unpaired) electrons. The molecule has 3 aromatic rings. The Bertz CT molecular complexity index is 809. The predicted molar refractivity (Wildman–Crippen MR) is 96.4 cm³/mol. The molecule has 0 aliphatic carbocycles. The van der Waals surface area contributed by atoms with Crippen molar-refractivity contribution in [1.29, 1.82) is 0 Å². The summed E-state index contributed by atoms with van der Waals surface area (Å²) in [7, 11) is 0. The summed E-state index contributed by atoms with van der Waals surface area (Å²) < 4.78 is 0. The lowest BCUT2D eigenvalue weighted by Gasteiger charge is -2.09. The Hall–Kier alpha value is -2.39. The van der Waals surface area contributed by atoms with Gasteiger partial charge in [-0.1, -0.05) is 61.8 Å². The molecular formula is C19H18ClN3. The van der Waals surface area contributed by atoms with Gasteiger partial charge >= 0.3 is 0 Å². The molecule has 0 saturated heterocycles. The molecule has 23 heavy (non-hydrogen) atoms. The van der Waals surface area contributed by atoms with Crippen LogP contribution in [0.4, 0.5) is 5.95 Å². The number of nitrogens with two attached hydrogens (primary N) is 1. The zero-order chi connectivity index (χ0) is 16.4. The van der Waals surface area contributed by atoms with E-state index in [0.29, 0.717) is 10.9 Å². The van der Waals surface area contributed by atoms with Crippen LogP contribution in [-0.2, 0) is 0 Å². The van der Waals surface area contributed by atoms with Gasteiger partial charge in [0.2, 0.25) is 5.95 Å². The molecule has 3 nitrogen and oxygen atoms in total. The molecule has 0 saturated carbocycles. The molecule has 0 unspecified atom stereocenters. The zero-order valence-corrected chi connectivity index (χ0v) is 13.9.